The van der Waals surface area contributed by atoms with Gasteiger partial charge in [-0.3, -0.25) is 24.3 Å². The van der Waals surface area contributed by atoms with Gasteiger partial charge in [-0.05, 0) is 53.9 Å². The molecule has 62 heavy (non-hydrogen) atoms. The Balaban J connectivity index is 1.42. The first-order chi connectivity index (χ1) is 29.5. The molecule has 0 radical (unpaired) electrons. The smallest absolute Gasteiger partial charge is 0.407 e. The van der Waals surface area contributed by atoms with Crippen LogP contribution in [0.3, 0.4) is 0 Å². The molecule has 4 N–H and O–H groups in total. The predicted molar refractivity (Wildman–Crippen MR) is 239 cm³/mol. The minimum absolute atomic E-state index is 0.00573. The molecule has 1 saturated heterocycles. The van der Waals surface area contributed by atoms with Crippen molar-refractivity contribution in [3.8, 4) is 11.3 Å². The van der Waals surface area contributed by atoms with Crippen molar-refractivity contribution in [1.82, 2.24) is 35.7 Å². The summed E-state index contributed by atoms with van der Waals surface area (Å²) in [6.07, 6.45) is 0.846. The standard InChI is InChI=1S/C47H61N7O7S/c1-9-30(4)40(54-27-39(56)53(46(54)60)26-35-28-62-44(50-35)29(2)3)42(57)51-37(24-31-15-11-10-12-16-31)38(55)25-34(49-43(58)41(47(5,6)7)52-45(59)61-8)23-32-18-20-33(21-19-32)36-17-13-14-22-48-36/h10-22,28-30,34,37-38,40-41,55H,9,23-27H2,1-8H3,(H,49,58)(H,51,57)(H,52,59). The summed E-state index contributed by atoms with van der Waals surface area (Å²) in [5.41, 5.74) is 3.34. The number of carbonyl (C=O) groups is 5. The number of alkyl carbamates (subject to hydrolysis) is 1. The number of hydrogen-bond donors (Lipinski definition) is 4. The van der Waals surface area contributed by atoms with E-state index in [4.69, 9.17) is 4.74 Å². The van der Waals surface area contributed by atoms with Gasteiger partial charge in [-0.2, -0.15) is 0 Å². The molecule has 4 aromatic rings. The number of aliphatic hydroxyl groups is 1. The molecule has 1 aliphatic rings. The highest BCUT2D eigenvalue weighted by molar-refractivity contribution is 7.09. The van der Waals surface area contributed by atoms with Gasteiger partial charge in [0.25, 0.3) is 5.91 Å². The molecule has 15 heteroatoms. The number of imide groups is 1. The molecule has 0 spiro atoms. The molecular formula is C47H61N7O7S. The molecule has 5 rings (SSSR count). The number of aromatic nitrogens is 2. The molecule has 0 aliphatic carbocycles. The maximum atomic E-state index is 14.6. The summed E-state index contributed by atoms with van der Waals surface area (Å²) in [7, 11) is 1.23. The number of urea groups is 1. The third-order valence-electron chi connectivity index (χ3n) is 11.2. The maximum Gasteiger partial charge on any atom is 0.407 e. The van der Waals surface area contributed by atoms with Crippen molar-refractivity contribution in [2.75, 3.05) is 13.7 Å². The fourth-order valence-electron chi connectivity index (χ4n) is 7.52. The second-order valence-corrected chi connectivity index (χ2v) is 18.3. The third kappa shape index (κ3) is 12.5. The van der Waals surface area contributed by atoms with Crippen LogP contribution in [-0.2, 0) is 38.5 Å². The van der Waals surface area contributed by atoms with Gasteiger partial charge in [0.2, 0.25) is 11.8 Å². The number of methoxy groups -OCH3 is 1. The SMILES string of the molecule is CCC(C)C(C(=O)NC(Cc1ccccc1)C(O)CC(Cc1ccc(-c2ccccn2)cc1)NC(=O)C(NC(=O)OC)C(C)(C)C)N1CC(=O)N(Cc2csc(C(C)C)n2)C1=O. The molecule has 332 valence electrons. The minimum Gasteiger partial charge on any atom is -0.453 e. The highest BCUT2D eigenvalue weighted by atomic mass is 32.1. The Bertz CT molecular complexity index is 2130. The van der Waals surface area contributed by atoms with Crippen LogP contribution in [0.1, 0.15) is 89.1 Å². The fraction of sp³-hybridized carbons (Fsp3) is 0.468. The van der Waals surface area contributed by atoms with Crippen molar-refractivity contribution in [3.05, 3.63) is 106 Å². The highest BCUT2D eigenvalue weighted by Gasteiger charge is 2.45. The van der Waals surface area contributed by atoms with E-state index in [0.29, 0.717) is 18.5 Å². The second-order valence-electron chi connectivity index (χ2n) is 17.4. The van der Waals surface area contributed by atoms with E-state index in [2.05, 4.69) is 25.9 Å². The van der Waals surface area contributed by atoms with E-state index in [0.717, 1.165) is 32.3 Å². The van der Waals surface area contributed by atoms with Crippen LogP contribution in [0.4, 0.5) is 9.59 Å². The largest absolute Gasteiger partial charge is 0.453 e. The molecule has 2 aromatic heterocycles. The Morgan fingerprint density at radius 1 is 0.887 bits per heavy atom. The van der Waals surface area contributed by atoms with Gasteiger partial charge in [-0.25, -0.2) is 14.6 Å². The molecule has 3 heterocycles. The average Bonchev–Trinajstić information content (AvgIpc) is 3.83. The normalized spacial score (nSPS) is 16.0. The van der Waals surface area contributed by atoms with Crippen LogP contribution in [0, 0.1) is 11.3 Å². The van der Waals surface area contributed by atoms with Gasteiger partial charge < -0.3 is 30.7 Å². The number of benzene rings is 2. The summed E-state index contributed by atoms with van der Waals surface area (Å²) < 4.78 is 4.83. The first kappa shape index (κ1) is 47.4. The van der Waals surface area contributed by atoms with E-state index in [1.807, 2.05) is 127 Å². The third-order valence-corrected chi connectivity index (χ3v) is 12.4. The number of pyridine rings is 1. The van der Waals surface area contributed by atoms with Gasteiger partial charge in [0.1, 0.15) is 18.6 Å². The number of aliphatic hydroxyl groups excluding tert-OH is 1. The molecule has 6 amide bonds. The van der Waals surface area contributed by atoms with Gasteiger partial charge in [0.15, 0.2) is 0 Å². The van der Waals surface area contributed by atoms with Gasteiger partial charge in [-0.1, -0.05) is 116 Å². The lowest BCUT2D eigenvalue weighted by molar-refractivity contribution is -0.130. The lowest BCUT2D eigenvalue weighted by Gasteiger charge is -2.35. The Kier molecular flexibility index (Phi) is 16.4. The highest BCUT2D eigenvalue weighted by Crippen LogP contribution is 2.27. The van der Waals surface area contributed by atoms with Gasteiger partial charge >= 0.3 is 12.1 Å². The van der Waals surface area contributed by atoms with Crippen molar-refractivity contribution in [1.29, 1.82) is 0 Å². The molecule has 1 fully saturated rings. The number of ether oxygens (including phenoxy) is 1. The lowest BCUT2D eigenvalue weighted by Crippen LogP contribution is -2.58. The first-order valence-electron chi connectivity index (χ1n) is 21.2. The Morgan fingerprint density at radius 2 is 1.56 bits per heavy atom. The zero-order valence-corrected chi connectivity index (χ0v) is 37.8. The van der Waals surface area contributed by atoms with Crippen molar-refractivity contribution in [2.45, 2.75) is 117 Å². The van der Waals surface area contributed by atoms with Gasteiger partial charge in [0.05, 0.1) is 42.2 Å². The molecule has 6 atom stereocenters. The van der Waals surface area contributed by atoms with Crippen LogP contribution in [0.5, 0.6) is 0 Å². The van der Waals surface area contributed by atoms with Crippen LogP contribution in [0.25, 0.3) is 11.3 Å². The number of hydrogen-bond acceptors (Lipinski definition) is 10. The molecule has 2 aromatic carbocycles. The summed E-state index contributed by atoms with van der Waals surface area (Å²) in [6.45, 7) is 13.0. The van der Waals surface area contributed by atoms with Gasteiger partial charge in [-0.15, -0.1) is 11.3 Å². The molecule has 0 saturated carbocycles. The lowest BCUT2D eigenvalue weighted by atomic mass is 9.85. The topological polar surface area (TPSA) is 183 Å². The quantitative estimate of drug-likeness (QED) is 0.0767. The summed E-state index contributed by atoms with van der Waals surface area (Å²) in [6, 6.07) is 18.8. The van der Waals surface area contributed by atoms with Crippen molar-refractivity contribution < 1.29 is 33.8 Å². The summed E-state index contributed by atoms with van der Waals surface area (Å²) in [4.78, 5) is 79.9. The molecule has 6 unspecified atom stereocenters. The zero-order chi connectivity index (χ0) is 45.1. The predicted octanol–water partition coefficient (Wildman–Crippen LogP) is 6.48. The monoisotopic (exact) mass is 867 g/mol. The van der Waals surface area contributed by atoms with E-state index in [-0.39, 0.29) is 37.8 Å². The van der Waals surface area contributed by atoms with Crippen LogP contribution < -0.4 is 16.0 Å². The molecule has 0 bridgehead atoms. The van der Waals surface area contributed by atoms with E-state index < -0.39 is 65.5 Å². The van der Waals surface area contributed by atoms with E-state index in [1.165, 1.54) is 23.3 Å². The summed E-state index contributed by atoms with van der Waals surface area (Å²) in [5, 5.41) is 23.8. The second kappa shape index (κ2) is 21.4. The maximum absolute atomic E-state index is 14.6. The summed E-state index contributed by atoms with van der Waals surface area (Å²) in [5.74, 6) is -1.53. The van der Waals surface area contributed by atoms with Crippen LogP contribution >= 0.6 is 11.3 Å². The summed E-state index contributed by atoms with van der Waals surface area (Å²) >= 11 is 1.48. The number of carbonyl (C=O) groups excluding carboxylic acids is 5. The van der Waals surface area contributed by atoms with Crippen molar-refractivity contribution in [3.63, 3.8) is 0 Å². The number of thiazole rings is 1. The Hall–Kier alpha value is -5.67. The van der Waals surface area contributed by atoms with E-state index in [1.54, 1.807) is 6.20 Å². The Morgan fingerprint density at radius 3 is 2.16 bits per heavy atom. The molecule has 14 nitrogen and oxygen atoms in total. The Labute approximate surface area is 368 Å². The van der Waals surface area contributed by atoms with E-state index in [9.17, 15) is 29.1 Å². The first-order valence-corrected chi connectivity index (χ1v) is 22.1. The number of nitrogens with one attached hydrogen (secondary N) is 3. The number of amides is 6. The molecular weight excluding hydrogens is 807 g/mol. The number of rotatable bonds is 19. The van der Waals surface area contributed by atoms with Crippen molar-refractivity contribution >= 4 is 41.2 Å². The minimum atomic E-state index is -1.20. The van der Waals surface area contributed by atoms with Crippen LogP contribution in [0.15, 0.2) is 84.4 Å². The van der Waals surface area contributed by atoms with Gasteiger partial charge in [0, 0.05) is 29.1 Å². The van der Waals surface area contributed by atoms with E-state index >= 15 is 0 Å². The van der Waals surface area contributed by atoms with Crippen LogP contribution in [-0.4, -0.2) is 98.6 Å². The van der Waals surface area contributed by atoms with Crippen molar-refractivity contribution in [2.24, 2.45) is 11.3 Å². The van der Waals surface area contributed by atoms with Crippen LogP contribution in [0.2, 0.25) is 0 Å². The average molecular weight is 868 g/mol. The molecule has 1 aliphatic heterocycles. The zero-order valence-electron chi connectivity index (χ0n) is 37.0. The number of nitrogens with zero attached hydrogens (tertiary/aromatic N) is 4. The fourth-order valence-corrected chi connectivity index (χ4v) is 8.35.